The van der Waals surface area contributed by atoms with Crippen LogP contribution in [-0.4, -0.2) is 35.1 Å². The van der Waals surface area contributed by atoms with Crippen molar-refractivity contribution in [1.29, 1.82) is 0 Å². The molecule has 0 bridgehead atoms. The molecule has 1 fully saturated rings. The number of nitrogens with one attached hydrogen (secondary N) is 1. The molecule has 1 heterocycles. The molecule has 9 heteroatoms. The maximum Gasteiger partial charge on any atom is 0.294 e. The van der Waals surface area contributed by atoms with Crippen molar-refractivity contribution >= 4 is 52.2 Å². The number of imide groups is 1. The normalized spacial score (nSPS) is 14.7. The number of rotatable bonds is 6. The number of nitrogens with zero attached hydrogens (tertiary/aromatic N) is 1. The molecule has 30 heavy (non-hydrogen) atoms. The number of halogens is 2. The predicted octanol–water partition coefficient (Wildman–Crippen LogP) is 4.17. The molecular formula is C21H14ClFN2O4S. The first-order valence-corrected chi connectivity index (χ1v) is 9.73. The lowest BCUT2D eigenvalue weighted by molar-refractivity contribution is -0.127. The first-order valence-electron chi connectivity index (χ1n) is 8.54. The minimum Gasteiger partial charge on any atom is -0.479 e. The van der Waals surface area contributed by atoms with Gasteiger partial charge in [-0.15, -0.1) is 6.42 Å². The van der Waals surface area contributed by atoms with Gasteiger partial charge in [-0.3, -0.25) is 19.3 Å². The van der Waals surface area contributed by atoms with E-state index in [2.05, 4.69) is 11.2 Å². The van der Waals surface area contributed by atoms with E-state index in [9.17, 15) is 18.8 Å². The molecule has 1 saturated heterocycles. The third-order valence-corrected chi connectivity index (χ3v) is 5.07. The molecule has 1 N–H and O–H groups in total. The quantitative estimate of drug-likeness (QED) is 0.534. The van der Waals surface area contributed by atoms with Gasteiger partial charge in [-0.25, -0.2) is 4.39 Å². The van der Waals surface area contributed by atoms with E-state index >= 15 is 0 Å². The molecule has 0 unspecified atom stereocenters. The van der Waals surface area contributed by atoms with Crippen molar-refractivity contribution in [3.05, 3.63) is 63.8 Å². The maximum absolute atomic E-state index is 12.9. The number of carbonyl (C=O) groups excluding carboxylic acids is 3. The highest BCUT2D eigenvalue weighted by atomic mass is 35.5. The highest BCUT2D eigenvalue weighted by Gasteiger charge is 2.36. The van der Waals surface area contributed by atoms with E-state index in [1.165, 1.54) is 30.3 Å². The summed E-state index contributed by atoms with van der Waals surface area (Å²) in [5.41, 5.74) is 0.931. The zero-order valence-corrected chi connectivity index (χ0v) is 16.9. The van der Waals surface area contributed by atoms with Gasteiger partial charge in [0.05, 0.1) is 9.93 Å². The highest BCUT2D eigenvalue weighted by Crippen LogP contribution is 2.33. The van der Waals surface area contributed by atoms with Gasteiger partial charge in [0.2, 0.25) is 5.91 Å². The number of ether oxygens (including phenoxy) is 1. The third kappa shape index (κ3) is 5.20. The van der Waals surface area contributed by atoms with Gasteiger partial charge in [0, 0.05) is 5.69 Å². The Bertz CT molecular complexity index is 1080. The number of anilines is 1. The number of hydrogen-bond acceptors (Lipinski definition) is 5. The Morgan fingerprint density at radius 3 is 2.67 bits per heavy atom. The Labute approximate surface area is 181 Å². The SMILES string of the molecule is C#CCOc1ccc(/C=C2\SC(=O)N(CC(=O)Nc3ccc(F)cc3)C2=O)cc1Cl. The first-order chi connectivity index (χ1) is 14.4. The molecule has 3 rings (SSSR count). The topological polar surface area (TPSA) is 75.7 Å². The van der Waals surface area contributed by atoms with E-state index in [-0.39, 0.29) is 11.5 Å². The monoisotopic (exact) mass is 444 g/mol. The van der Waals surface area contributed by atoms with Crippen LogP contribution in [0.15, 0.2) is 47.4 Å². The summed E-state index contributed by atoms with van der Waals surface area (Å²) in [4.78, 5) is 37.9. The highest BCUT2D eigenvalue weighted by molar-refractivity contribution is 8.18. The van der Waals surface area contributed by atoms with E-state index in [0.717, 1.165) is 16.7 Å². The lowest BCUT2D eigenvalue weighted by Crippen LogP contribution is -2.36. The molecular weight excluding hydrogens is 431 g/mol. The molecule has 0 aromatic heterocycles. The van der Waals surface area contributed by atoms with Crippen molar-refractivity contribution in [2.45, 2.75) is 0 Å². The van der Waals surface area contributed by atoms with Gasteiger partial charge in [0.15, 0.2) is 0 Å². The molecule has 2 aromatic rings. The van der Waals surface area contributed by atoms with Crippen molar-refractivity contribution < 1.29 is 23.5 Å². The Morgan fingerprint density at radius 1 is 1.27 bits per heavy atom. The van der Waals surface area contributed by atoms with Gasteiger partial charge < -0.3 is 10.1 Å². The molecule has 0 aliphatic carbocycles. The van der Waals surface area contributed by atoms with Crippen molar-refractivity contribution in [3.63, 3.8) is 0 Å². The Balaban J connectivity index is 1.68. The number of hydrogen-bond donors (Lipinski definition) is 1. The van der Waals surface area contributed by atoms with Crippen LogP contribution in [-0.2, 0) is 9.59 Å². The van der Waals surface area contributed by atoms with Gasteiger partial charge in [-0.2, -0.15) is 0 Å². The zero-order valence-electron chi connectivity index (χ0n) is 15.4. The average Bonchev–Trinajstić information content (AvgIpc) is 2.96. The van der Waals surface area contributed by atoms with Crippen LogP contribution in [0.2, 0.25) is 5.02 Å². The maximum atomic E-state index is 12.9. The largest absolute Gasteiger partial charge is 0.479 e. The van der Waals surface area contributed by atoms with E-state index < -0.39 is 29.4 Å². The number of terminal acetylenes is 1. The van der Waals surface area contributed by atoms with Crippen LogP contribution < -0.4 is 10.1 Å². The second-order valence-electron chi connectivity index (χ2n) is 6.01. The van der Waals surface area contributed by atoms with Gasteiger partial charge in [-0.1, -0.05) is 23.6 Å². The predicted molar refractivity (Wildman–Crippen MR) is 113 cm³/mol. The van der Waals surface area contributed by atoms with E-state index in [0.29, 0.717) is 22.0 Å². The van der Waals surface area contributed by atoms with Crippen molar-refractivity contribution in [2.24, 2.45) is 0 Å². The van der Waals surface area contributed by atoms with Crippen molar-refractivity contribution in [1.82, 2.24) is 4.90 Å². The fourth-order valence-corrected chi connectivity index (χ4v) is 3.59. The Hall–Kier alpha value is -3.28. The van der Waals surface area contributed by atoms with Gasteiger partial charge in [-0.05, 0) is 59.8 Å². The van der Waals surface area contributed by atoms with Gasteiger partial charge >= 0.3 is 0 Å². The van der Waals surface area contributed by atoms with Crippen LogP contribution in [0.3, 0.4) is 0 Å². The summed E-state index contributed by atoms with van der Waals surface area (Å²) in [5, 5.41) is 2.24. The fraction of sp³-hybridized carbons (Fsp3) is 0.0952. The number of amides is 3. The van der Waals surface area contributed by atoms with Crippen LogP contribution in [0.4, 0.5) is 14.9 Å². The summed E-state index contributed by atoms with van der Waals surface area (Å²) in [6.07, 6.45) is 6.64. The molecule has 1 aliphatic rings. The van der Waals surface area contributed by atoms with Crippen molar-refractivity contribution in [3.8, 4) is 18.1 Å². The fourth-order valence-electron chi connectivity index (χ4n) is 2.51. The smallest absolute Gasteiger partial charge is 0.294 e. The summed E-state index contributed by atoms with van der Waals surface area (Å²) < 4.78 is 18.2. The summed E-state index contributed by atoms with van der Waals surface area (Å²) in [6.45, 7) is -0.392. The Morgan fingerprint density at radius 2 is 2.00 bits per heavy atom. The number of benzene rings is 2. The molecule has 2 aromatic carbocycles. The van der Waals surface area contributed by atoms with Crippen LogP contribution in [0.1, 0.15) is 5.56 Å². The molecule has 0 spiro atoms. The summed E-state index contributed by atoms with van der Waals surface area (Å²) in [7, 11) is 0. The van der Waals surface area contributed by atoms with E-state index in [1.54, 1.807) is 18.2 Å². The van der Waals surface area contributed by atoms with Crippen LogP contribution >= 0.6 is 23.4 Å². The van der Waals surface area contributed by atoms with Crippen LogP contribution in [0, 0.1) is 18.2 Å². The molecule has 0 atom stereocenters. The molecule has 1 aliphatic heterocycles. The lowest BCUT2D eigenvalue weighted by Gasteiger charge is -2.12. The second kappa shape index (κ2) is 9.48. The molecule has 152 valence electrons. The summed E-state index contributed by atoms with van der Waals surface area (Å²) >= 11 is 6.85. The third-order valence-electron chi connectivity index (χ3n) is 3.87. The second-order valence-corrected chi connectivity index (χ2v) is 7.41. The zero-order chi connectivity index (χ0) is 21.7. The molecule has 6 nitrogen and oxygen atoms in total. The van der Waals surface area contributed by atoms with Gasteiger partial charge in [0.25, 0.3) is 11.1 Å². The first kappa shape index (κ1) is 21.4. The minimum atomic E-state index is -0.594. The van der Waals surface area contributed by atoms with Gasteiger partial charge in [0.1, 0.15) is 24.7 Å². The number of thioether (sulfide) groups is 1. The summed E-state index contributed by atoms with van der Waals surface area (Å²) in [5.74, 6) is 1.11. The standard InChI is InChI=1S/C21H14ClFN2O4S/c1-2-9-29-17-8-3-13(10-16(17)22)11-18-20(27)25(21(28)30-18)12-19(26)24-15-6-4-14(23)5-7-15/h1,3-8,10-11H,9,12H2,(H,24,26)/b18-11-. The molecule has 0 saturated carbocycles. The lowest BCUT2D eigenvalue weighted by atomic mass is 10.2. The molecule has 3 amide bonds. The average molecular weight is 445 g/mol. The minimum absolute atomic E-state index is 0.0674. The van der Waals surface area contributed by atoms with E-state index in [4.69, 9.17) is 22.8 Å². The van der Waals surface area contributed by atoms with E-state index in [1.807, 2.05) is 0 Å². The Kier molecular flexibility index (Phi) is 6.77. The number of carbonyl (C=O) groups is 3. The van der Waals surface area contributed by atoms with Crippen LogP contribution in [0.25, 0.3) is 6.08 Å². The molecule has 0 radical (unpaired) electrons. The van der Waals surface area contributed by atoms with Crippen molar-refractivity contribution in [2.75, 3.05) is 18.5 Å². The summed E-state index contributed by atoms with van der Waals surface area (Å²) in [6, 6.07) is 9.96. The van der Waals surface area contributed by atoms with Crippen LogP contribution in [0.5, 0.6) is 5.75 Å².